The molecule has 184 valence electrons. The number of carbonyl (C=O) groups excluding carboxylic acids is 2. The number of nitrogens with zero attached hydrogens (tertiary/aromatic N) is 1. The number of piperidine rings is 1. The zero-order valence-corrected chi connectivity index (χ0v) is 20.7. The first kappa shape index (κ1) is 24.5. The van der Waals surface area contributed by atoms with Crippen molar-refractivity contribution in [2.75, 3.05) is 19.6 Å². The lowest BCUT2D eigenvalue weighted by Crippen LogP contribution is -2.45. The van der Waals surface area contributed by atoms with Crippen molar-refractivity contribution >= 4 is 23.0 Å². The van der Waals surface area contributed by atoms with Gasteiger partial charge in [-0.2, -0.15) is 0 Å². The molecule has 1 saturated heterocycles. The fourth-order valence-corrected chi connectivity index (χ4v) is 4.41. The maximum atomic E-state index is 13.2. The van der Waals surface area contributed by atoms with E-state index in [-0.39, 0.29) is 28.9 Å². The molecule has 35 heavy (non-hydrogen) atoms. The Kier molecular flexibility index (Phi) is 6.96. The van der Waals surface area contributed by atoms with Gasteiger partial charge in [-0.1, -0.05) is 36.4 Å². The Balaban J connectivity index is 1.53. The maximum Gasteiger partial charge on any atom is 0.410 e. The van der Waals surface area contributed by atoms with E-state index < -0.39 is 5.60 Å². The maximum absolute atomic E-state index is 13.2. The zero-order chi connectivity index (χ0) is 25.2. The summed E-state index contributed by atoms with van der Waals surface area (Å²) in [7, 11) is 0. The first-order valence-electron chi connectivity index (χ1n) is 12.0. The Morgan fingerprint density at radius 1 is 1.11 bits per heavy atom. The van der Waals surface area contributed by atoms with Gasteiger partial charge in [-0.25, -0.2) is 4.79 Å². The van der Waals surface area contributed by atoms with Crippen LogP contribution >= 0.6 is 0 Å². The molecule has 0 spiro atoms. The Morgan fingerprint density at radius 3 is 2.57 bits per heavy atom. The standard InChI is InChI=1S/C28H32N2O5/c1-18-23(31)21-13-8-14-22(25(21)34-24(18)20-11-6-5-7-12-20)26(32)29-16-19-10-9-15-30(17-19)27(33)35-28(2,3)4/h5-8,11-14,19H,9-10,15-17H2,1-4H3,(H,29,32). The van der Waals surface area contributed by atoms with Crippen LogP contribution in [0.2, 0.25) is 0 Å². The van der Waals surface area contributed by atoms with E-state index in [4.69, 9.17) is 9.15 Å². The van der Waals surface area contributed by atoms with E-state index in [1.54, 1.807) is 30.0 Å². The molecule has 1 unspecified atom stereocenters. The zero-order valence-electron chi connectivity index (χ0n) is 20.7. The molecule has 0 bridgehead atoms. The van der Waals surface area contributed by atoms with Gasteiger partial charge in [-0.3, -0.25) is 9.59 Å². The highest BCUT2D eigenvalue weighted by molar-refractivity contribution is 6.05. The first-order valence-corrected chi connectivity index (χ1v) is 12.0. The fourth-order valence-electron chi connectivity index (χ4n) is 4.41. The fraction of sp³-hybridized carbons (Fsp3) is 0.393. The van der Waals surface area contributed by atoms with Crippen LogP contribution in [-0.4, -0.2) is 42.1 Å². The van der Waals surface area contributed by atoms with Gasteiger partial charge < -0.3 is 19.4 Å². The Labute approximate surface area is 205 Å². The summed E-state index contributed by atoms with van der Waals surface area (Å²) in [6.45, 7) is 8.86. The third kappa shape index (κ3) is 5.56. The second-order valence-electron chi connectivity index (χ2n) is 10.1. The van der Waals surface area contributed by atoms with Crippen LogP contribution in [0, 0.1) is 12.8 Å². The number of benzene rings is 2. The minimum Gasteiger partial charge on any atom is -0.455 e. The van der Waals surface area contributed by atoms with E-state index in [1.807, 2.05) is 51.1 Å². The minimum absolute atomic E-state index is 0.115. The molecule has 2 amide bonds. The number of carbonyl (C=O) groups is 2. The molecule has 1 fully saturated rings. The monoisotopic (exact) mass is 476 g/mol. The number of amides is 2. The van der Waals surface area contributed by atoms with Gasteiger partial charge in [0.05, 0.1) is 10.9 Å². The first-order chi connectivity index (χ1) is 16.6. The number of rotatable bonds is 4. The van der Waals surface area contributed by atoms with Crippen molar-refractivity contribution in [2.45, 2.75) is 46.1 Å². The van der Waals surface area contributed by atoms with E-state index in [0.717, 1.165) is 18.4 Å². The molecule has 1 aliphatic rings. The number of ether oxygens (including phenoxy) is 1. The van der Waals surface area contributed by atoms with Crippen LogP contribution in [0.5, 0.6) is 0 Å². The molecule has 7 nitrogen and oxygen atoms in total. The molecule has 0 radical (unpaired) electrons. The molecule has 1 aliphatic heterocycles. The molecule has 0 aliphatic carbocycles. The van der Waals surface area contributed by atoms with Crippen molar-refractivity contribution in [1.29, 1.82) is 0 Å². The summed E-state index contributed by atoms with van der Waals surface area (Å²) in [5, 5.41) is 3.36. The molecule has 7 heteroatoms. The number of para-hydroxylation sites is 1. The Morgan fingerprint density at radius 2 is 1.86 bits per heavy atom. The number of hydrogen-bond donors (Lipinski definition) is 1. The van der Waals surface area contributed by atoms with Gasteiger partial charge in [0.1, 0.15) is 11.4 Å². The highest BCUT2D eigenvalue weighted by atomic mass is 16.6. The van der Waals surface area contributed by atoms with Crippen LogP contribution in [0.3, 0.4) is 0 Å². The molecule has 3 aromatic rings. The van der Waals surface area contributed by atoms with E-state index in [1.165, 1.54) is 0 Å². The summed E-state index contributed by atoms with van der Waals surface area (Å²) in [6.07, 6.45) is 1.43. The molecule has 2 heterocycles. The van der Waals surface area contributed by atoms with Gasteiger partial charge in [0, 0.05) is 30.8 Å². The minimum atomic E-state index is -0.548. The molecule has 1 atom stereocenters. The van der Waals surface area contributed by atoms with Gasteiger partial charge in [0.2, 0.25) is 0 Å². The quantitative estimate of drug-likeness (QED) is 0.563. The highest BCUT2D eigenvalue weighted by Crippen LogP contribution is 2.27. The lowest BCUT2D eigenvalue weighted by atomic mass is 9.98. The van der Waals surface area contributed by atoms with Crippen molar-refractivity contribution in [3.63, 3.8) is 0 Å². The third-order valence-corrected chi connectivity index (χ3v) is 6.15. The van der Waals surface area contributed by atoms with Gasteiger partial charge in [0.15, 0.2) is 11.0 Å². The summed E-state index contributed by atoms with van der Waals surface area (Å²) in [5.74, 6) is 0.268. The number of nitrogens with one attached hydrogen (secondary N) is 1. The van der Waals surface area contributed by atoms with Crippen LogP contribution in [-0.2, 0) is 4.74 Å². The van der Waals surface area contributed by atoms with Crippen molar-refractivity contribution < 1.29 is 18.7 Å². The largest absolute Gasteiger partial charge is 0.455 e. The Hall–Kier alpha value is -3.61. The summed E-state index contributed by atoms with van der Waals surface area (Å²) in [6, 6.07) is 14.4. The normalized spacial score (nSPS) is 16.2. The van der Waals surface area contributed by atoms with Gasteiger partial charge in [-0.15, -0.1) is 0 Å². The molecular weight excluding hydrogens is 444 g/mol. The predicted octanol–water partition coefficient (Wildman–Crippen LogP) is 5.15. The number of hydrogen-bond acceptors (Lipinski definition) is 5. The van der Waals surface area contributed by atoms with E-state index in [2.05, 4.69) is 5.32 Å². The molecule has 0 saturated carbocycles. The van der Waals surface area contributed by atoms with Crippen molar-refractivity contribution in [1.82, 2.24) is 10.2 Å². The second-order valence-corrected chi connectivity index (χ2v) is 10.1. The second kappa shape index (κ2) is 9.94. The SMILES string of the molecule is Cc1c(-c2ccccc2)oc2c(C(=O)NCC3CCCN(C(=O)OC(C)(C)C)C3)cccc2c1=O. The highest BCUT2D eigenvalue weighted by Gasteiger charge is 2.28. The van der Waals surface area contributed by atoms with Gasteiger partial charge in [0.25, 0.3) is 5.91 Å². The van der Waals surface area contributed by atoms with Gasteiger partial charge in [-0.05, 0) is 58.6 Å². The topological polar surface area (TPSA) is 88.8 Å². The van der Waals surface area contributed by atoms with Crippen LogP contribution in [0.15, 0.2) is 57.7 Å². The molecule has 2 aromatic carbocycles. The number of likely N-dealkylation sites (tertiary alicyclic amines) is 1. The average Bonchev–Trinajstić information content (AvgIpc) is 2.84. The van der Waals surface area contributed by atoms with E-state index >= 15 is 0 Å². The average molecular weight is 477 g/mol. The summed E-state index contributed by atoms with van der Waals surface area (Å²) >= 11 is 0. The molecule has 4 rings (SSSR count). The van der Waals surface area contributed by atoms with Gasteiger partial charge >= 0.3 is 6.09 Å². The van der Waals surface area contributed by atoms with Crippen LogP contribution in [0.4, 0.5) is 4.79 Å². The van der Waals surface area contributed by atoms with Crippen molar-refractivity contribution in [2.24, 2.45) is 5.92 Å². The summed E-state index contributed by atoms with van der Waals surface area (Å²) in [5.41, 5.74) is 1.18. The van der Waals surface area contributed by atoms with Crippen molar-refractivity contribution in [3.8, 4) is 11.3 Å². The lowest BCUT2D eigenvalue weighted by molar-refractivity contribution is 0.0167. The number of fused-ring (bicyclic) bond motifs is 1. The van der Waals surface area contributed by atoms with Crippen LogP contribution in [0.1, 0.15) is 49.5 Å². The van der Waals surface area contributed by atoms with Crippen molar-refractivity contribution in [3.05, 3.63) is 69.9 Å². The Bertz CT molecular complexity index is 1290. The molecular formula is C28H32N2O5. The third-order valence-electron chi connectivity index (χ3n) is 6.15. The van der Waals surface area contributed by atoms with E-state index in [9.17, 15) is 14.4 Å². The van der Waals surface area contributed by atoms with Crippen LogP contribution < -0.4 is 10.7 Å². The lowest BCUT2D eigenvalue weighted by Gasteiger charge is -2.34. The molecule has 1 N–H and O–H groups in total. The van der Waals surface area contributed by atoms with E-state index in [0.29, 0.717) is 41.9 Å². The predicted molar refractivity (Wildman–Crippen MR) is 136 cm³/mol. The summed E-state index contributed by atoms with van der Waals surface area (Å²) < 4.78 is 11.7. The molecule has 1 aromatic heterocycles. The van der Waals surface area contributed by atoms with Crippen LogP contribution in [0.25, 0.3) is 22.3 Å². The smallest absolute Gasteiger partial charge is 0.410 e. The summed E-state index contributed by atoms with van der Waals surface area (Å²) in [4.78, 5) is 40.4.